The smallest absolute Gasteiger partial charge is 0.0462 e. The molecular formula is C54H52N2. The third-order valence-electron chi connectivity index (χ3n) is 10.2. The first-order valence-electron chi connectivity index (χ1n) is 19.6. The van der Waals surface area contributed by atoms with Crippen LogP contribution in [-0.4, -0.2) is 0 Å². The van der Waals surface area contributed by atoms with Crippen LogP contribution in [0.1, 0.15) is 74.9 Å². The third-order valence-corrected chi connectivity index (χ3v) is 10.2. The first kappa shape index (κ1) is 37.9. The maximum atomic E-state index is 2.31. The molecule has 2 heteroatoms. The van der Waals surface area contributed by atoms with Gasteiger partial charge in [0.05, 0.1) is 0 Å². The number of nitrogens with zero attached hydrogens (tertiary/aromatic N) is 2. The number of benzene rings is 7. The predicted octanol–water partition coefficient (Wildman–Crippen LogP) is 15.6. The van der Waals surface area contributed by atoms with Crippen molar-refractivity contribution in [1.82, 2.24) is 0 Å². The van der Waals surface area contributed by atoms with Crippen LogP contribution >= 0.6 is 0 Å². The van der Waals surface area contributed by atoms with Crippen LogP contribution in [0.3, 0.4) is 0 Å². The fourth-order valence-electron chi connectivity index (χ4n) is 6.84. The minimum atomic E-state index is 0.113. The van der Waals surface area contributed by atoms with E-state index in [0.29, 0.717) is 0 Å². The molecule has 0 saturated heterocycles. The number of rotatable bonds is 10. The molecule has 56 heavy (non-hydrogen) atoms. The van der Waals surface area contributed by atoms with Crippen molar-refractivity contribution in [3.63, 3.8) is 0 Å². The molecule has 0 spiro atoms. The summed E-state index contributed by atoms with van der Waals surface area (Å²) in [5, 5.41) is 0. The van der Waals surface area contributed by atoms with Gasteiger partial charge in [0, 0.05) is 34.1 Å². The van der Waals surface area contributed by atoms with Crippen molar-refractivity contribution in [2.75, 3.05) is 9.80 Å². The Morgan fingerprint density at radius 2 is 0.482 bits per heavy atom. The SMILES string of the molecule is CC(C)(C)c1ccc(N(c2ccccc2)c2ccc(/C=C/c3ccc(/C=C/c4ccc(N(c5ccccc5)c5ccc(C(C)(C)C)cc5)cc4)cc3)cc2)cc1. The molecule has 0 atom stereocenters. The van der Waals surface area contributed by atoms with Gasteiger partial charge in [-0.25, -0.2) is 0 Å². The van der Waals surface area contributed by atoms with Crippen molar-refractivity contribution in [3.8, 4) is 0 Å². The molecule has 0 N–H and O–H groups in total. The molecule has 0 aliphatic rings. The molecule has 0 aliphatic heterocycles. The Bertz CT molecular complexity index is 2180. The average molecular weight is 729 g/mol. The molecule has 2 nitrogen and oxygen atoms in total. The zero-order valence-electron chi connectivity index (χ0n) is 33.5. The van der Waals surface area contributed by atoms with Crippen LogP contribution in [0.4, 0.5) is 34.1 Å². The van der Waals surface area contributed by atoms with E-state index in [-0.39, 0.29) is 10.8 Å². The Hall–Kier alpha value is -6.38. The van der Waals surface area contributed by atoms with Crippen molar-refractivity contribution < 1.29 is 0 Å². The summed E-state index contributed by atoms with van der Waals surface area (Å²) in [6.07, 6.45) is 8.71. The molecule has 7 aromatic rings. The highest BCUT2D eigenvalue weighted by Gasteiger charge is 2.18. The lowest BCUT2D eigenvalue weighted by molar-refractivity contribution is 0.590. The summed E-state index contributed by atoms with van der Waals surface area (Å²) in [5.41, 5.74) is 14.3. The van der Waals surface area contributed by atoms with E-state index in [0.717, 1.165) is 56.4 Å². The summed E-state index contributed by atoms with van der Waals surface area (Å²) in [6, 6.07) is 65.3. The Morgan fingerprint density at radius 1 is 0.268 bits per heavy atom. The van der Waals surface area contributed by atoms with Gasteiger partial charge in [-0.15, -0.1) is 0 Å². The van der Waals surface area contributed by atoms with Gasteiger partial charge in [0.1, 0.15) is 0 Å². The van der Waals surface area contributed by atoms with Crippen molar-refractivity contribution in [2.45, 2.75) is 52.4 Å². The van der Waals surface area contributed by atoms with E-state index in [1.54, 1.807) is 0 Å². The molecule has 0 bridgehead atoms. The van der Waals surface area contributed by atoms with Crippen LogP contribution in [0, 0.1) is 0 Å². The topological polar surface area (TPSA) is 6.48 Å². The van der Waals surface area contributed by atoms with E-state index < -0.39 is 0 Å². The first-order valence-corrected chi connectivity index (χ1v) is 19.6. The fourth-order valence-corrected chi connectivity index (χ4v) is 6.84. The van der Waals surface area contributed by atoms with Crippen LogP contribution in [0.2, 0.25) is 0 Å². The highest BCUT2D eigenvalue weighted by Crippen LogP contribution is 2.37. The van der Waals surface area contributed by atoms with Gasteiger partial charge in [0.25, 0.3) is 0 Å². The van der Waals surface area contributed by atoms with Crippen molar-refractivity contribution in [2.24, 2.45) is 0 Å². The van der Waals surface area contributed by atoms with Gasteiger partial charge in [-0.1, -0.05) is 175 Å². The van der Waals surface area contributed by atoms with Gasteiger partial charge in [-0.2, -0.15) is 0 Å². The van der Waals surface area contributed by atoms with E-state index in [9.17, 15) is 0 Å². The molecular weight excluding hydrogens is 677 g/mol. The third kappa shape index (κ3) is 9.28. The predicted molar refractivity (Wildman–Crippen MR) is 244 cm³/mol. The standard InChI is InChI=1S/C54H52N2/c1-53(2,3)45-29-37-51(38-30-45)55(47-13-9-7-10-14-47)49-33-25-43(26-34-49)23-21-41-17-19-42(20-18-41)22-24-44-27-35-50(36-28-44)56(48-15-11-8-12-16-48)52-39-31-46(32-40-52)54(4,5)6/h7-40H,1-6H3/b23-21+,24-22+. The Morgan fingerprint density at radius 3 is 0.732 bits per heavy atom. The maximum Gasteiger partial charge on any atom is 0.0462 e. The van der Waals surface area contributed by atoms with Crippen molar-refractivity contribution in [1.29, 1.82) is 0 Å². The summed E-state index contributed by atoms with van der Waals surface area (Å²) in [4.78, 5) is 4.62. The second kappa shape index (κ2) is 16.6. The molecule has 7 rings (SSSR count). The highest BCUT2D eigenvalue weighted by atomic mass is 15.1. The van der Waals surface area contributed by atoms with Gasteiger partial charge >= 0.3 is 0 Å². The summed E-state index contributed by atoms with van der Waals surface area (Å²) in [7, 11) is 0. The largest absolute Gasteiger partial charge is 0.311 e. The lowest BCUT2D eigenvalue weighted by atomic mass is 9.87. The van der Waals surface area contributed by atoms with Crippen LogP contribution in [-0.2, 0) is 10.8 Å². The van der Waals surface area contributed by atoms with Gasteiger partial charge in [0.2, 0.25) is 0 Å². The summed E-state index contributed by atoms with van der Waals surface area (Å²) >= 11 is 0. The van der Waals surface area contributed by atoms with Crippen LogP contribution < -0.4 is 9.80 Å². The van der Waals surface area contributed by atoms with E-state index in [2.05, 4.69) is 258 Å². The van der Waals surface area contributed by atoms with Gasteiger partial charge in [-0.3, -0.25) is 0 Å². The number of para-hydroxylation sites is 2. The molecule has 0 saturated carbocycles. The Labute approximate surface area is 334 Å². The molecule has 0 aliphatic carbocycles. The lowest BCUT2D eigenvalue weighted by Crippen LogP contribution is -2.13. The molecule has 0 fully saturated rings. The molecule has 0 aromatic heterocycles. The lowest BCUT2D eigenvalue weighted by Gasteiger charge is -2.27. The number of hydrogen-bond acceptors (Lipinski definition) is 2. The van der Waals surface area contributed by atoms with E-state index in [1.165, 1.54) is 11.1 Å². The second-order valence-corrected chi connectivity index (χ2v) is 16.5. The minimum Gasteiger partial charge on any atom is -0.311 e. The van der Waals surface area contributed by atoms with Gasteiger partial charge in [0.15, 0.2) is 0 Å². The number of anilines is 6. The number of hydrogen-bond donors (Lipinski definition) is 0. The van der Waals surface area contributed by atoms with Crippen molar-refractivity contribution in [3.05, 3.63) is 215 Å². The summed E-state index contributed by atoms with van der Waals surface area (Å²) in [5.74, 6) is 0. The average Bonchev–Trinajstić information content (AvgIpc) is 3.21. The van der Waals surface area contributed by atoms with Gasteiger partial charge in [-0.05, 0) is 117 Å². The normalized spacial score (nSPS) is 12.0. The zero-order valence-corrected chi connectivity index (χ0v) is 33.5. The van der Waals surface area contributed by atoms with Crippen molar-refractivity contribution >= 4 is 58.4 Å². The minimum absolute atomic E-state index is 0.113. The summed E-state index contributed by atoms with van der Waals surface area (Å²) in [6.45, 7) is 13.5. The quantitative estimate of drug-likeness (QED) is 0.129. The van der Waals surface area contributed by atoms with Gasteiger partial charge < -0.3 is 9.80 Å². The van der Waals surface area contributed by atoms with E-state index >= 15 is 0 Å². The molecule has 7 aromatic carbocycles. The summed E-state index contributed by atoms with van der Waals surface area (Å²) < 4.78 is 0. The van der Waals surface area contributed by atoms with Crippen LogP contribution in [0.5, 0.6) is 0 Å². The van der Waals surface area contributed by atoms with Crippen LogP contribution in [0.25, 0.3) is 24.3 Å². The molecule has 0 radical (unpaired) electrons. The molecule has 0 heterocycles. The van der Waals surface area contributed by atoms with E-state index in [1.807, 2.05) is 0 Å². The van der Waals surface area contributed by atoms with Crippen LogP contribution in [0.15, 0.2) is 182 Å². The maximum absolute atomic E-state index is 2.31. The highest BCUT2D eigenvalue weighted by molar-refractivity contribution is 5.80. The fraction of sp³-hybridized carbons (Fsp3) is 0.148. The Balaban J connectivity index is 1.02. The second-order valence-electron chi connectivity index (χ2n) is 16.5. The monoisotopic (exact) mass is 728 g/mol. The first-order chi connectivity index (χ1) is 27.0. The molecule has 0 unspecified atom stereocenters. The molecule has 0 amide bonds. The van der Waals surface area contributed by atoms with E-state index in [4.69, 9.17) is 0 Å². The Kier molecular flexibility index (Phi) is 11.2. The zero-order chi connectivity index (χ0) is 39.1. The molecule has 278 valence electrons.